The zero-order chi connectivity index (χ0) is 27.3. The Kier molecular flexibility index (Phi) is 8.52. The topological polar surface area (TPSA) is 86.8 Å². The van der Waals surface area contributed by atoms with E-state index >= 15 is 0 Å². The largest absolute Gasteiger partial charge is 0.339 e. The van der Waals surface area contributed by atoms with Gasteiger partial charge in [0.1, 0.15) is 6.54 Å². The molecule has 200 valence electrons. The van der Waals surface area contributed by atoms with Crippen LogP contribution >= 0.6 is 0 Å². The summed E-state index contributed by atoms with van der Waals surface area (Å²) in [6, 6.07) is 19.0. The first kappa shape index (κ1) is 27.4. The summed E-state index contributed by atoms with van der Waals surface area (Å²) in [6.45, 7) is 6.53. The van der Waals surface area contributed by atoms with Gasteiger partial charge < -0.3 is 10.2 Å². The van der Waals surface area contributed by atoms with E-state index in [1.54, 1.807) is 54.6 Å². The predicted octanol–water partition coefficient (Wildman–Crippen LogP) is 5.46. The molecular weight excluding hydrogens is 498 g/mol. The van der Waals surface area contributed by atoms with Crippen LogP contribution in [0.15, 0.2) is 71.6 Å². The van der Waals surface area contributed by atoms with Crippen molar-refractivity contribution >= 4 is 33.2 Å². The highest BCUT2D eigenvalue weighted by Gasteiger charge is 2.29. The number of benzene rings is 3. The van der Waals surface area contributed by atoms with Crippen molar-refractivity contribution in [2.24, 2.45) is 0 Å². The van der Waals surface area contributed by atoms with E-state index in [0.29, 0.717) is 30.0 Å². The molecule has 1 aliphatic rings. The number of nitrogens with one attached hydrogen (secondary N) is 1. The Labute approximate surface area is 225 Å². The van der Waals surface area contributed by atoms with E-state index < -0.39 is 22.5 Å². The van der Waals surface area contributed by atoms with Gasteiger partial charge in [0.15, 0.2) is 0 Å². The van der Waals surface area contributed by atoms with E-state index in [9.17, 15) is 18.0 Å². The van der Waals surface area contributed by atoms with Crippen LogP contribution in [0.25, 0.3) is 0 Å². The minimum Gasteiger partial charge on any atom is -0.339 e. The van der Waals surface area contributed by atoms with Crippen molar-refractivity contribution in [2.75, 3.05) is 29.3 Å². The molecule has 3 aromatic carbocycles. The van der Waals surface area contributed by atoms with Gasteiger partial charge in [-0.3, -0.25) is 13.9 Å². The molecule has 38 heavy (non-hydrogen) atoms. The first-order valence-electron chi connectivity index (χ1n) is 13.0. The SMILES string of the molecule is Cc1ccc(S(=O)(=O)N(CC(=O)Nc2ccccc2C(=O)N2CCCCCC2)c2cc(C)ccc2C)cc1. The zero-order valence-corrected chi connectivity index (χ0v) is 23.1. The Bertz CT molecular complexity index is 1410. The average Bonchev–Trinajstić information content (AvgIpc) is 3.19. The molecular formula is C30H35N3O4S. The number of rotatable bonds is 7. The second-order valence-corrected chi connectivity index (χ2v) is 11.8. The molecule has 1 saturated heterocycles. The fourth-order valence-corrected chi connectivity index (χ4v) is 6.15. The number of hydrogen-bond donors (Lipinski definition) is 1. The monoisotopic (exact) mass is 533 g/mol. The molecule has 0 spiro atoms. The minimum atomic E-state index is -4.05. The number of amides is 2. The van der Waals surface area contributed by atoms with Gasteiger partial charge in [0.05, 0.1) is 21.8 Å². The van der Waals surface area contributed by atoms with E-state index in [2.05, 4.69) is 5.32 Å². The van der Waals surface area contributed by atoms with E-state index in [4.69, 9.17) is 0 Å². The lowest BCUT2D eigenvalue weighted by molar-refractivity contribution is -0.114. The number of sulfonamides is 1. The van der Waals surface area contributed by atoms with E-state index in [1.165, 1.54) is 0 Å². The molecule has 8 heteroatoms. The Hall–Kier alpha value is -3.65. The quantitative estimate of drug-likeness (QED) is 0.437. The van der Waals surface area contributed by atoms with Crippen LogP contribution in [0.1, 0.15) is 52.7 Å². The van der Waals surface area contributed by atoms with Crippen LogP contribution in [0, 0.1) is 20.8 Å². The van der Waals surface area contributed by atoms with Gasteiger partial charge in [0, 0.05) is 13.1 Å². The van der Waals surface area contributed by atoms with Crippen molar-refractivity contribution in [3.63, 3.8) is 0 Å². The number of para-hydroxylation sites is 1. The van der Waals surface area contributed by atoms with Crippen molar-refractivity contribution in [1.29, 1.82) is 0 Å². The molecule has 0 atom stereocenters. The van der Waals surface area contributed by atoms with Crippen LogP contribution < -0.4 is 9.62 Å². The standard InChI is InChI=1S/C30H35N3O4S/c1-22-13-16-25(17-14-22)38(36,37)33(28-20-23(2)12-15-24(28)3)21-29(34)31-27-11-7-6-10-26(27)30(35)32-18-8-4-5-9-19-32/h6-7,10-17,20H,4-5,8-9,18-19,21H2,1-3H3,(H,31,34). The average molecular weight is 534 g/mol. The van der Waals surface area contributed by atoms with Crippen molar-refractivity contribution in [2.45, 2.75) is 51.3 Å². The van der Waals surface area contributed by atoms with Crippen molar-refractivity contribution in [3.8, 4) is 0 Å². The molecule has 1 fully saturated rings. The minimum absolute atomic E-state index is 0.105. The van der Waals surface area contributed by atoms with Gasteiger partial charge >= 0.3 is 0 Å². The summed E-state index contributed by atoms with van der Waals surface area (Å²) < 4.78 is 28.7. The van der Waals surface area contributed by atoms with Gasteiger partial charge in [-0.15, -0.1) is 0 Å². The van der Waals surface area contributed by atoms with Crippen LogP contribution in [0.3, 0.4) is 0 Å². The Morgan fingerprint density at radius 2 is 1.47 bits per heavy atom. The molecule has 1 aliphatic heterocycles. The van der Waals surface area contributed by atoms with Gasteiger partial charge in [0.2, 0.25) is 5.91 Å². The van der Waals surface area contributed by atoms with Crippen molar-refractivity contribution in [1.82, 2.24) is 4.90 Å². The van der Waals surface area contributed by atoms with Gasteiger partial charge in [0.25, 0.3) is 15.9 Å². The van der Waals surface area contributed by atoms with Crippen molar-refractivity contribution < 1.29 is 18.0 Å². The maximum atomic E-state index is 13.8. The third-order valence-electron chi connectivity index (χ3n) is 6.85. The number of carbonyl (C=O) groups is 2. The summed E-state index contributed by atoms with van der Waals surface area (Å²) >= 11 is 0. The number of likely N-dealkylation sites (tertiary alicyclic amines) is 1. The summed E-state index contributed by atoms with van der Waals surface area (Å²) in [4.78, 5) is 28.6. The summed E-state index contributed by atoms with van der Waals surface area (Å²) in [5.74, 6) is -0.654. The van der Waals surface area contributed by atoms with Gasteiger partial charge in [-0.1, -0.05) is 54.8 Å². The third-order valence-corrected chi connectivity index (χ3v) is 8.63. The van der Waals surface area contributed by atoms with Gasteiger partial charge in [-0.05, 0) is 75.1 Å². The van der Waals surface area contributed by atoms with Gasteiger partial charge in [-0.25, -0.2) is 8.42 Å². The highest BCUT2D eigenvalue weighted by atomic mass is 32.2. The Balaban J connectivity index is 1.64. The summed E-state index contributed by atoms with van der Waals surface area (Å²) in [5, 5.41) is 2.82. The fourth-order valence-electron chi connectivity index (χ4n) is 4.67. The maximum absolute atomic E-state index is 13.8. The zero-order valence-electron chi connectivity index (χ0n) is 22.2. The Morgan fingerprint density at radius 1 is 0.842 bits per heavy atom. The van der Waals surface area contributed by atoms with Crippen molar-refractivity contribution in [3.05, 3.63) is 89.0 Å². The molecule has 0 bridgehead atoms. The predicted molar refractivity (Wildman–Crippen MR) is 151 cm³/mol. The lowest BCUT2D eigenvalue weighted by Gasteiger charge is -2.26. The number of anilines is 2. The number of aryl methyl sites for hydroxylation is 3. The molecule has 0 aromatic heterocycles. The van der Waals surface area contributed by atoms with E-state index in [1.807, 2.05) is 37.8 Å². The number of nitrogens with zero attached hydrogens (tertiary/aromatic N) is 2. The molecule has 3 aromatic rings. The van der Waals surface area contributed by atoms with Crippen LogP contribution in [-0.2, 0) is 14.8 Å². The number of carbonyl (C=O) groups excluding carboxylic acids is 2. The molecule has 7 nitrogen and oxygen atoms in total. The van der Waals surface area contributed by atoms with Crippen LogP contribution in [0.4, 0.5) is 11.4 Å². The second kappa shape index (κ2) is 11.8. The van der Waals surface area contributed by atoms with E-state index in [-0.39, 0.29) is 10.8 Å². The number of hydrogen-bond acceptors (Lipinski definition) is 4. The Morgan fingerprint density at radius 3 is 2.16 bits per heavy atom. The van der Waals surface area contributed by atoms with Crippen LogP contribution in [-0.4, -0.2) is 44.8 Å². The molecule has 0 aliphatic carbocycles. The molecule has 0 radical (unpaired) electrons. The fraction of sp³-hybridized carbons (Fsp3) is 0.333. The highest BCUT2D eigenvalue weighted by molar-refractivity contribution is 7.92. The first-order valence-corrected chi connectivity index (χ1v) is 14.5. The normalized spacial score (nSPS) is 14.0. The third kappa shape index (κ3) is 6.25. The maximum Gasteiger partial charge on any atom is 0.264 e. The summed E-state index contributed by atoms with van der Waals surface area (Å²) in [7, 11) is -4.05. The lowest BCUT2D eigenvalue weighted by Crippen LogP contribution is -2.39. The summed E-state index contributed by atoms with van der Waals surface area (Å²) in [5.41, 5.74) is 3.77. The molecule has 4 rings (SSSR count). The van der Waals surface area contributed by atoms with Crippen LogP contribution in [0.5, 0.6) is 0 Å². The molecule has 0 unspecified atom stereocenters. The highest BCUT2D eigenvalue weighted by Crippen LogP contribution is 2.28. The summed E-state index contributed by atoms with van der Waals surface area (Å²) in [6.07, 6.45) is 4.13. The molecule has 2 amide bonds. The van der Waals surface area contributed by atoms with Gasteiger partial charge in [-0.2, -0.15) is 0 Å². The lowest BCUT2D eigenvalue weighted by atomic mass is 10.1. The smallest absolute Gasteiger partial charge is 0.264 e. The molecule has 1 heterocycles. The second-order valence-electron chi connectivity index (χ2n) is 9.91. The van der Waals surface area contributed by atoms with E-state index in [0.717, 1.165) is 46.7 Å². The first-order chi connectivity index (χ1) is 18.2. The molecule has 1 N–H and O–H groups in total. The van der Waals surface area contributed by atoms with Crippen LogP contribution in [0.2, 0.25) is 0 Å². The molecule has 0 saturated carbocycles.